The number of hydrogen-bond donors (Lipinski definition) is 3. The number of carbonyl (C=O) groups is 3. The first-order chi connectivity index (χ1) is 16.3. The number of aliphatic carboxylic acids is 1. The Hall–Kier alpha value is -3.35. The Labute approximate surface area is 200 Å². The van der Waals surface area contributed by atoms with Gasteiger partial charge < -0.3 is 20.5 Å². The zero-order chi connectivity index (χ0) is 24.7. The van der Waals surface area contributed by atoms with Gasteiger partial charge in [0.2, 0.25) is 5.91 Å². The average molecular weight is 467 g/mol. The monoisotopic (exact) mass is 466 g/mol. The molecule has 0 heterocycles. The molecule has 0 aliphatic heterocycles. The lowest BCUT2D eigenvalue weighted by Crippen LogP contribution is -2.58. The number of carboxylic acids is 1. The van der Waals surface area contributed by atoms with Crippen molar-refractivity contribution >= 4 is 18.0 Å². The molecule has 1 atom stereocenters. The molecule has 0 radical (unpaired) electrons. The molecular formula is C27H34N2O5. The van der Waals surface area contributed by atoms with Gasteiger partial charge in [-0.25, -0.2) is 4.79 Å². The number of carboxylic acid groups (broad SMARTS) is 1. The molecule has 7 heteroatoms. The summed E-state index contributed by atoms with van der Waals surface area (Å²) in [6.07, 6.45) is 0.716. The predicted molar refractivity (Wildman–Crippen MR) is 131 cm³/mol. The molecule has 2 aromatic rings. The Morgan fingerprint density at radius 2 is 1.56 bits per heavy atom. The van der Waals surface area contributed by atoms with Crippen molar-refractivity contribution in [3.05, 3.63) is 59.7 Å². The molecule has 0 aromatic heterocycles. The van der Waals surface area contributed by atoms with Crippen molar-refractivity contribution in [2.75, 3.05) is 13.2 Å². The fraction of sp³-hybridized carbons (Fsp3) is 0.444. The van der Waals surface area contributed by atoms with E-state index >= 15 is 0 Å². The Kier molecular flexibility index (Phi) is 8.31. The quantitative estimate of drug-likeness (QED) is 0.445. The minimum atomic E-state index is -1.09. The van der Waals surface area contributed by atoms with Crippen molar-refractivity contribution in [3.63, 3.8) is 0 Å². The largest absolute Gasteiger partial charge is 0.481 e. The van der Waals surface area contributed by atoms with Gasteiger partial charge in [-0.1, -0.05) is 69.3 Å². The summed E-state index contributed by atoms with van der Waals surface area (Å²) in [5, 5.41) is 14.5. The van der Waals surface area contributed by atoms with E-state index in [0.717, 1.165) is 22.3 Å². The van der Waals surface area contributed by atoms with Gasteiger partial charge in [-0.2, -0.15) is 0 Å². The summed E-state index contributed by atoms with van der Waals surface area (Å²) in [4.78, 5) is 36.6. The van der Waals surface area contributed by atoms with Crippen molar-refractivity contribution in [2.45, 2.75) is 57.9 Å². The van der Waals surface area contributed by atoms with Gasteiger partial charge in [0, 0.05) is 18.9 Å². The maximum Gasteiger partial charge on any atom is 0.408 e. The third-order valence-corrected chi connectivity index (χ3v) is 6.79. The number of ether oxygens (including phenoxy) is 1. The van der Waals surface area contributed by atoms with E-state index in [0.29, 0.717) is 25.8 Å². The van der Waals surface area contributed by atoms with E-state index in [1.165, 1.54) is 0 Å². The topological polar surface area (TPSA) is 105 Å². The molecule has 2 aromatic carbocycles. The van der Waals surface area contributed by atoms with Crippen molar-refractivity contribution in [1.29, 1.82) is 0 Å². The van der Waals surface area contributed by atoms with Crippen molar-refractivity contribution in [3.8, 4) is 11.1 Å². The predicted octanol–water partition coefficient (Wildman–Crippen LogP) is 4.70. The zero-order valence-corrected chi connectivity index (χ0v) is 20.1. The van der Waals surface area contributed by atoms with Gasteiger partial charge in [0.05, 0.1) is 0 Å². The summed E-state index contributed by atoms with van der Waals surface area (Å²) in [5.74, 6) is -1.18. The van der Waals surface area contributed by atoms with Crippen molar-refractivity contribution in [1.82, 2.24) is 10.6 Å². The van der Waals surface area contributed by atoms with Gasteiger partial charge in [0.1, 0.15) is 12.1 Å². The van der Waals surface area contributed by atoms with Crippen LogP contribution in [0.5, 0.6) is 0 Å². The Bertz CT molecular complexity index is 986. The summed E-state index contributed by atoms with van der Waals surface area (Å²) in [7, 11) is 0. The lowest BCUT2D eigenvalue weighted by atomic mass is 9.91. The third-order valence-electron chi connectivity index (χ3n) is 6.79. The van der Waals surface area contributed by atoms with Crippen molar-refractivity contribution in [2.24, 2.45) is 5.92 Å². The van der Waals surface area contributed by atoms with Crippen LogP contribution in [0.3, 0.4) is 0 Å². The first-order valence-electron chi connectivity index (χ1n) is 11.9. The van der Waals surface area contributed by atoms with E-state index in [4.69, 9.17) is 9.84 Å². The number of benzene rings is 2. The summed E-state index contributed by atoms with van der Waals surface area (Å²) >= 11 is 0. The van der Waals surface area contributed by atoms with Crippen LogP contribution < -0.4 is 10.6 Å². The van der Waals surface area contributed by atoms with Crippen LogP contribution in [0.4, 0.5) is 4.79 Å². The fourth-order valence-corrected chi connectivity index (χ4v) is 4.54. The first-order valence-corrected chi connectivity index (χ1v) is 11.9. The van der Waals surface area contributed by atoms with E-state index < -0.39 is 17.6 Å². The molecule has 1 aliphatic rings. The Morgan fingerprint density at radius 3 is 2.09 bits per heavy atom. The number of carbonyl (C=O) groups excluding carboxylic acids is 2. The molecule has 0 spiro atoms. The molecule has 0 bridgehead atoms. The molecule has 1 aliphatic carbocycles. The van der Waals surface area contributed by atoms with Crippen LogP contribution in [0.2, 0.25) is 0 Å². The highest BCUT2D eigenvalue weighted by atomic mass is 16.5. The van der Waals surface area contributed by atoms with E-state index in [9.17, 15) is 14.4 Å². The molecule has 182 valence electrons. The van der Waals surface area contributed by atoms with Crippen LogP contribution in [0.25, 0.3) is 11.1 Å². The first kappa shape index (κ1) is 25.3. The van der Waals surface area contributed by atoms with Gasteiger partial charge >= 0.3 is 12.1 Å². The van der Waals surface area contributed by atoms with E-state index in [1.54, 1.807) is 0 Å². The van der Waals surface area contributed by atoms with E-state index in [2.05, 4.69) is 34.9 Å². The molecular weight excluding hydrogens is 432 g/mol. The number of rotatable bonds is 11. The molecule has 7 nitrogen and oxygen atoms in total. The lowest BCUT2D eigenvalue weighted by Gasteiger charge is -2.31. The number of fused-ring (bicyclic) bond motifs is 3. The van der Waals surface area contributed by atoms with E-state index in [1.807, 2.05) is 45.0 Å². The van der Waals surface area contributed by atoms with Crippen LogP contribution in [0.1, 0.15) is 63.5 Å². The van der Waals surface area contributed by atoms with E-state index in [-0.39, 0.29) is 30.8 Å². The second-order valence-electron chi connectivity index (χ2n) is 8.99. The third kappa shape index (κ3) is 5.58. The van der Waals surface area contributed by atoms with Crippen LogP contribution in [0, 0.1) is 5.92 Å². The molecule has 34 heavy (non-hydrogen) atoms. The molecule has 0 saturated heterocycles. The number of hydrogen-bond acceptors (Lipinski definition) is 4. The molecule has 0 fully saturated rings. The highest BCUT2D eigenvalue weighted by molar-refractivity contribution is 5.90. The maximum atomic E-state index is 13.0. The Morgan fingerprint density at radius 1 is 1.00 bits per heavy atom. The summed E-state index contributed by atoms with van der Waals surface area (Å²) in [5.41, 5.74) is 3.47. The molecule has 3 N–H and O–H groups in total. The van der Waals surface area contributed by atoms with Gasteiger partial charge in [-0.3, -0.25) is 9.59 Å². The normalized spacial score (nSPS) is 13.5. The lowest BCUT2D eigenvalue weighted by molar-refractivity contribution is -0.137. The fourth-order valence-electron chi connectivity index (χ4n) is 4.54. The highest BCUT2D eigenvalue weighted by Crippen LogP contribution is 2.44. The molecule has 0 saturated carbocycles. The summed E-state index contributed by atoms with van der Waals surface area (Å²) < 4.78 is 5.64. The highest BCUT2D eigenvalue weighted by Gasteiger charge is 2.37. The van der Waals surface area contributed by atoms with Gasteiger partial charge in [0.15, 0.2) is 0 Å². The smallest absolute Gasteiger partial charge is 0.408 e. The average Bonchev–Trinajstić information content (AvgIpc) is 3.17. The van der Waals surface area contributed by atoms with Crippen LogP contribution >= 0.6 is 0 Å². The minimum absolute atomic E-state index is 0.0147. The number of amides is 2. The molecule has 1 unspecified atom stereocenters. The summed E-state index contributed by atoms with van der Waals surface area (Å²) in [6, 6.07) is 16.3. The SMILES string of the molecule is CCC(CC)(NC(=O)OCC1c2ccccc2-c2ccccc21)C(=O)NCC(C)CCC(=O)O. The van der Waals surface area contributed by atoms with Crippen LogP contribution in [-0.2, 0) is 14.3 Å². The maximum absolute atomic E-state index is 13.0. The summed E-state index contributed by atoms with van der Waals surface area (Å²) in [6.45, 7) is 6.11. The van der Waals surface area contributed by atoms with Crippen molar-refractivity contribution < 1.29 is 24.2 Å². The minimum Gasteiger partial charge on any atom is -0.481 e. The second kappa shape index (κ2) is 11.2. The number of nitrogens with one attached hydrogen (secondary N) is 2. The second-order valence-corrected chi connectivity index (χ2v) is 8.99. The zero-order valence-electron chi connectivity index (χ0n) is 20.1. The van der Waals surface area contributed by atoms with Crippen LogP contribution in [-0.4, -0.2) is 41.8 Å². The molecule has 3 rings (SSSR count). The van der Waals surface area contributed by atoms with Gasteiger partial charge in [-0.15, -0.1) is 0 Å². The number of alkyl carbamates (subject to hydrolysis) is 1. The van der Waals surface area contributed by atoms with Gasteiger partial charge in [0.25, 0.3) is 0 Å². The standard InChI is InChI=1S/C27H34N2O5/c1-4-27(5-2,25(32)28-16-18(3)14-15-24(30)31)29-26(33)34-17-23-21-12-8-6-10-19(21)20-11-7-9-13-22(20)23/h6-13,18,23H,4-5,14-17H2,1-3H3,(H,28,32)(H,29,33)(H,30,31). The van der Waals surface area contributed by atoms with Crippen LogP contribution in [0.15, 0.2) is 48.5 Å². The van der Waals surface area contributed by atoms with Gasteiger partial charge in [-0.05, 0) is 47.4 Å². The molecule has 2 amide bonds. The Balaban J connectivity index is 1.62.